The van der Waals surface area contributed by atoms with Gasteiger partial charge in [-0.1, -0.05) is 12.1 Å². The predicted octanol–water partition coefficient (Wildman–Crippen LogP) is 0.627. The number of hydrogen-bond acceptors (Lipinski definition) is 4. The summed E-state index contributed by atoms with van der Waals surface area (Å²) in [7, 11) is 0. The summed E-state index contributed by atoms with van der Waals surface area (Å²) in [5, 5.41) is 5.25. The SMILES string of the molecule is CC(N)CCNC(=O)c1cccc(CN2C(=O)CNC2=O)c1.Cl. The van der Waals surface area contributed by atoms with Crippen LogP contribution in [0.3, 0.4) is 0 Å². The van der Waals surface area contributed by atoms with E-state index in [1.807, 2.05) is 6.92 Å². The second kappa shape index (κ2) is 8.50. The van der Waals surface area contributed by atoms with E-state index in [-0.39, 0.29) is 43.4 Å². The molecule has 1 aromatic rings. The Labute approximate surface area is 141 Å². The summed E-state index contributed by atoms with van der Waals surface area (Å²) in [6.07, 6.45) is 0.702. The van der Waals surface area contributed by atoms with Gasteiger partial charge in [0.2, 0.25) is 5.91 Å². The van der Waals surface area contributed by atoms with E-state index >= 15 is 0 Å². The maximum atomic E-state index is 12.0. The van der Waals surface area contributed by atoms with Gasteiger partial charge in [-0.15, -0.1) is 12.4 Å². The van der Waals surface area contributed by atoms with E-state index in [1.165, 1.54) is 0 Å². The van der Waals surface area contributed by atoms with Crippen LogP contribution < -0.4 is 16.4 Å². The van der Waals surface area contributed by atoms with Crippen LogP contribution in [0.15, 0.2) is 24.3 Å². The van der Waals surface area contributed by atoms with Crippen molar-refractivity contribution < 1.29 is 14.4 Å². The van der Waals surface area contributed by atoms with Gasteiger partial charge in [-0.2, -0.15) is 0 Å². The Hall–Kier alpha value is -2.12. The molecule has 7 nitrogen and oxygen atoms in total. The number of carbonyl (C=O) groups is 3. The van der Waals surface area contributed by atoms with Gasteiger partial charge in [-0.25, -0.2) is 4.79 Å². The molecule has 1 aromatic carbocycles. The first kappa shape index (κ1) is 18.9. The molecular weight excluding hydrogens is 320 g/mol. The van der Waals surface area contributed by atoms with Crippen molar-refractivity contribution in [2.45, 2.75) is 25.9 Å². The number of hydrogen-bond donors (Lipinski definition) is 3. The molecule has 1 unspecified atom stereocenters. The average molecular weight is 341 g/mol. The maximum absolute atomic E-state index is 12.0. The largest absolute Gasteiger partial charge is 0.352 e. The highest BCUT2D eigenvalue weighted by Gasteiger charge is 2.28. The van der Waals surface area contributed by atoms with Gasteiger partial charge in [0, 0.05) is 18.2 Å². The monoisotopic (exact) mass is 340 g/mol. The van der Waals surface area contributed by atoms with E-state index in [1.54, 1.807) is 24.3 Å². The molecule has 0 aromatic heterocycles. The summed E-state index contributed by atoms with van der Waals surface area (Å²) in [6.45, 7) is 2.57. The molecule has 1 heterocycles. The first-order valence-corrected chi connectivity index (χ1v) is 7.18. The van der Waals surface area contributed by atoms with Crippen molar-refractivity contribution >= 4 is 30.3 Å². The molecule has 1 aliphatic heterocycles. The minimum Gasteiger partial charge on any atom is -0.352 e. The normalized spacial score (nSPS) is 15.0. The number of imide groups is 1. The predicted molar refractivity (Wildman–Crippen MR) is 88.2 cm³/mol. The standard InChI is InChI=1S/C15H20N4O3.ClH/c1-10(16)5-6-17-14(21)12-4-2-3-11(7-12)9-19-13(20)8-18-15(19)22;/h2-4,7,10H,5-6,8-9,16H2,1H3,(H,17,21)(H,18,22);1H. The number of halogens is 1. The van der Waals surface area contributed by atoms with Gasteiger partial charge < -0.3 is 16.4 Å². The molecule has 4 amide bonds. The first-order valence-electron chi connectivity index (χ1n) is 7.18. The van der Waals surface area contributed by atoms with Crippen LogP contribution in [0.25, 0.3) is 0 Å². The minimum absolute atomic E-state index is 0. The highest BCUT2D eigenvalue weighted by atomic mass is 35.5. The van der Waals surface area contributed by atoms with Crippen molar-refractivity contribution in [3.8, 4) is 0 Å². The maximum Gasteiger partial charge on any atom is 0.324 e. The summed E-state index contributed by atoms with van der Waals surface area (Å²) in [5.74, 6) is -0.462. The molecule has 0 saturated carbocycles. The molecule has 1 saturated heterocycles. The summed E-state index contributed by atoms with van der Waals surface area (Å²) in [5.41, 5.74) is 6.85. The lowest BCUT2D eigenvalue weighted by atomic mass is 10.1. The third kappa shape index (κ3) is 5.22. The summed E-state index contributed by atoms with van der Waals surface area (Å²) >= 11 is 0. The molecule has 1 fully saturated rings. The van der Waals surface area contributed by atoms with Crippen molar-refractivity contribution in [3.63, 3.8) is 0 Å². The van der Waals surface area contributed by atoms with Crippen LogP contribution in [0, 0.1) is 0 Å². The Balaban J connectivity index is 0.00000264. The van der Waals surface area contributed by atoms with Crippen LogP contribution in [0.1, 0.15) is 29.3 Å². The highest BCUT2D eigenvalue weighted by molar-refractivity contribution is 6.02. The van der Waals surface area contributed by atoms with Crippen LogP contribution in [0.4, 0.5) is 4.79 Å². The molecule has 126 valence electrons. The van der Waals surface area contributed by atoms with Crippen LogP contribution in [-0.2, 0) is 11.3 Å². The molecule has 0 radical (unpaired) electrons. The van der Waals surface area contributed by atoms with E-state index in [2.05, 4.69) is 10.6 Å². The molecule has 4 N–H and O–H groups in total. The quantitative estimate of drug-likeness (QED) is 0.660. The highest BCUT2D eigenvalue weighted by Crippen LogP contribution is 2.11. The van der Waals surface area contributed by atoms with Crippen LogP contribution in [-0.4, -0.2) is 41.9 Å². The second-order valence-corrected chi connectivity index (χ2v) is 5.36. The summed E-state index contributed by atoms with van der Waals surface area (Å²) in [6, 6.07) is 6.51. The zero-order chi connectivity index (χ0) is 16.1. The topological polar surface area (TPSA) is 105 Å². The number of rotatable bonds is 6. The molecule has 0 bridgehead atoms. The number of carbonyl (C=O) groups excluding carboxylic acids is 3. The van der Waals surface area contributed by atoms with Gasteiger partial charge in [0.1, 0.15) is 0 Å². The Morgan fingerprint density at radius 1 is 1.43 bits per heavy atom. The fourth-order valence-electron chi connectivity index (χ4n) is 2.12. The van der Waals surface area contributed by atoms with E-state index in [0.29, 0.717) is 18.5 Å². The van der Waals surface area contributed by atoms with Crippen LogP contribution in [0.5, 0.6) is 0 Å². The molecule has 0 spiro atoms. The van der Waals surface area contributed by atoms with Crippen LogP contribution in [0.2, 0.25) is 0 Å². The summed E-state index contributed by atoms with van der Waals surface area (Å²) < 4.78 is 0. The van der Waals surface area contributed by atoms with Crippen molar-refractivity contribution in [2.75, 3.05) is 13.1 Å². The number of benzene rings is 1. The molecule has 1 aliphatic rings. The molecular formula is C15H21ClN4O3. The Morgan fingerprint density at radius 2 is 2.17 bits per heavy atom. The number of nitrogens with two attached hydrogens (primary N) is 1. The number of amides is 4. The number of urea groups is 1. The fourth-order valence-corrected chi connectivity index (χ4v) is 2.12. The molecule has 23 heavy (non-hydrogen) atoms. The third-order valence-corrected chi connectivity index (χ3v) is 3.35. The lowest BCUT2D eigenvalue weighted by molar-refractivity contribution is -0.125. The Morgan fingerprint density at radius 3 is 2.78 bits per heavy atom. The van der Waals surface area contributed by atoms with Crippen molar-refractivity contribution in [3.05, 3.63) is 35.4 Å². The van der Waals surface area contributed by atoms with Gasteiger partial charge in [-0.05, 0) is 31.0 Å². The third-order valence-electron chi connectivity index (χ3n) is 3.35. The zero-order valence-electron chi connectivity index (χ0n) is 12.9. The molecule has 8 heteroatoms. The van der Waals surface area contributed by atoms with E-state index in [0.717, 1.165) is 10.5 Å². The Kier molecular flexibility index (Phi) is 6.99. The van der Waals surface area contributed by atoms with Gasteiger partial charge >= 0.3 is 6.03 Å². The fraction of sp³-hybridized carbons (Fsp3) is 0.400. The van der Waals surface area contributed by atoms with E-state index < -0.39 is 6.03 Å². The van der Waals surface area contributed by atoms with Gasteiger partial charge in [0.05, 0.1) is 13.1 Å². The Bertz CT molecular complexity index is 576. The average Bonchev–Trinajstić information content (AvgIpc) is 2.79. The van der Waals surface area contributed by atoms with Crippen molar-refractivity contribution in [1.82, 2.24) is 15.5 Å². The summed E-state index contributed by atoms with van der Waals surface area (Å²) in [4.78, 5) is 36.2. The van der Waals surface area contributed by atoms with Crippen LogP contribution >= 0.6 is 12.4 Å². The van der Waals surface area contributed by atoms with Gasteiger partial charge in [0.25, 0.3) is 5.91 Å². The number of nitrogens with one attached hydrogen (secondary N) is 2. The van der Waals surface area contributed by atoms with Gasteiger partial charge in [0.15, 0.2) is 0 Å². The van der Waals surface area contributed by atoms with E-state index in [9.17, 15) is 14.4 Å². The van der Waals surface area contributed by atoms with Crippen molar-refractivity contribution in [1.29, 1.82) is 0 Å². The van der Waals surface area contributed by atoms with Gasteiger partial charge in [-0.3, -0.25) is 14.5 Å². The smallest absolute Gasteiger partial charge is 0.324 e. The van der Waals surface area contributed by atoms with Crippen molar-refractivity contribution in [2.24, 2.45) is 5.73 Å². The molecule has 2 rings (SSSR count). The molecule has 1 atom stereocenters. The first-order chi connectivity index (χ1) is 10.5. The van der Waals surface area contributed by atoms with E-state index in [4.69, 9.17) is 5.73 Å². The molecule has 0 aliphatic carbocycles. The minimum atomic E-state index is -0.406. The lowest BCUT2D eigenvalue weighted by Crippen LogP contribution is -2.31. The zero-order valence-corrected chi connectivity index (χ0v) is 13.7. The number of nitrogens with zero attached hydrogens (tertiary/aromatic N) is 1. The lowest BCUT2D eigenvalue weighted by Gasteiger charge is -2.13. The second-order valence-electron chi connectivity index (χ2n) is 5.36.